The summed E-state index contributed by atoms with van der Waals surface area (Å²) in [5, 5.41) is 4.37. The summed E-state index contributed by atoms with van der Waals surface area (Å²) in [5.74, 6) is 0.125. The summed E-state index contributed by atoms with van der Waals surface area (Å²) in [6.45, 7) is 3.81. The van der Waals surface area contributed by atoms with E-state index in [4.69, 9.17) is 0 Å². The summed E-state index contributed by atoms with van der Waals surface area (Å²) < 4.78 is 0. The second-order valence-electron chi connectivity index (χ2n) is 4.41. The summed E-state index contributed by atoms with van der Waals surface area (Å²) in [7, 11) is 1.82. The van der Waals surface area contributed by atoms with Gasteiger partial charge >= 0.3 is 0 Å². The Morgan fingerprint density at radius 3 is 3.00 bits per heavy atom. The third kappa shape index (κ3) is 2.90. The number of rotatable bonds is 5. The van der Waals surface area contributed by atoms with Crippen LogP contribution in [0.3, 0.4) is 0 Å². The van der Waals surface area contributed by atoms with E-state index in [9.17, 15) is 4.79 Å². The van der Waals surface area contributed by atoms with Crippen LogP contribution in [0.25, 0.3) is 10.9 Å². The number of fused-ring (bicyclic) bond motifs is 1. The molecular weight excluding hydrogens is 226 g/mol. The topological polar surface area (TPSA) is 48.1 Å². The summed E-state index contributed by atoms with van der Waals surface area (Å²) in [6.07, 6.45) is 1.93. The Labute approximate surface area is 107 Å². The molecule has 96 valence electrons. The van der Waals surface area contributed by atoms with Crippen molar-refractivity contribution in [3.63, 3.8) is 0 Å². The number of H-pyrrole nitrogens is 1. The third-order valence-corrected chi connectivity index (χ3v) is 3.12. The maximum absolute atomic E-state index is 11.6. The van der Waals surface area contributed by atoms with Crippen molar-refractivity contribution in [3.8, 4) is 0 Å². The van der Waals surface area contributed by atoms with Gasteiger partial charge in [-0.05, 0) is 36.1 Å². The van der Waals surface area contributed by atoms with E-state index in [1.165, 1.54) is 10.9 Å². The molecule has 1 amide bonds. The Kier molecular flexibility index (Phi) is 3.99. The second kappa shape index (κ2) is 5.69. The summed E-state index contributed by atoms with van der Waals surface area (Å²) >= 11 is 0. The molecule has 1 aromatic carbocycles. The van der Waals surface area contributed by atoms with E-state index in [0.29, 0.717) is 13.1 Å². The molecule has 2 aromatic rings. The quantitative estimate of drug-likeness (QED) is 0.843. The predicted molar refractivity (Wildman–Crippen MR) is 73.3 cm³/mol. The second-order valence-corrected chi connectivity index (χ2v) is 4.41. The van der Waals surface area contributed by atoms with Crippen molar-refractivity contribution in [3.05, 3.63) is 36.0 Å². The van der Waals surface area contributed by atoms with Crippen molar-refractivity contribution in [2.24, 2.45) is 0 Å². The van der Waals surface area contributed by atoms with E-state index in [1.54, 1.807) is 4.90 Å². The molecule has 4 heteroatoms. The average molecular weight is 245 g/mol. The van der Waals surface area contributed by atoms with Gasteiger partial charge < -0.3 is 15.2 Å². The fraction of sp³-hybridized carbons (Fsp3) is 0.357. The lowest BCUT2D eigenvalue weighted by Gasteiger charge is -2.14. The number of nitrogens with zero attached hydrogens (tertiary/aromatic N) is 1. The van der Waals surface area contributed by atoms with Gasteiger partial charge in [-0.25, -0.2) is 0 Å². The van der Waals surface area contributed by atoms with E-state index in [1.807, 2.05) is 20.2 Å². The molecule has 0 saturated heterocycles. The number of amides is 1. The molecule has 2 rings (SSSR count). The lowest BCUT2D eigenvalue weighted by atomic mass is 10.1. The van der Waals surface area contributed by atoms with Gasteiger partial charge in [-0.3, -0.25) is 4.79 Å². The first-order valence-electron chi connectivity index (χ1n) is 6.21. The highest BCUT2D eigenvalue weighted by molar-refractivity contribution is 5.80. The van der Waals surface area contributed by atoms with E-state index < -0.39 is 0 Å². The Hall–Kier alpha value is -1.81. The molecule has 0 spiro atoms. The lowest BCUT2D eigenvalue weighted by molar-refractivity contribution is -0.128. The van der Waals surface area contributed by atoms with Crippen LogP contribution < -0.4 is 5.32 Å². The highest BCUT2D eigenvalue weighted by Gasteiger charge is 2.05. The summed E-state index contributed by atoms with van der Waals surface area (Å²) in [4.78, 5) is 16.5. The van der Waals surface area contributed by atoms with Crippen LogP contribution in [0.15, 0.2) is 30.5 Å². The van der Waals surface area contributed by atoms with Crippen LogP contribution in [-0.4, -0.2) is 35.9 Å². The molecule has 2 N–H and O–H groups in total. The molecule has 0 atom stereocenters. The molecule has 0 aliphatic heterocycles. The van der Waals surface area contributed by atoms with Crippen LogP contribution in [0.2, 0.25) is 0 Å². The van der Waals surface area contributed by atoms with Gasteiger partial charge in [0.25, 0.3) is 0 Å². The first kappa shape index (κ1) is 12.6. The lowest BCUT2D eigenvalue weighted by Crippen LogP contribution is -2.35. The highest BCUT2D eigenvalue weighted by Crippen LogP contribution is 2.13. The van der Waals surface area contributed by atoms with Crippen LogP contribution in [0.5, 0.6) is 0 Å². The fourth-order valence-corrected chi connectivity index (χ4v) is 1.84. The van der Waals surface area contributed by atoms with Crippen molar-refractivity contribution in [1.82, 2.24) is 15.2 Å². The van der Waals surface area contributed by atoms with Gasteiger partial charge in [0.2, 0.25) is 5.91 Å². The van der Waals surface area contributed by atoms with Crippen molar-refractivity contribution in [2.75, 3.05) is 20.1 Å². The Morgan fingerprint density at radius 2 is 2.22 bits per heavy atom. The van der Waals surface area contributed by atoms with Gasteiger partial charge in [0.1, 0.15) is 0 Å². The van der Waals surface area contributed by atoms with Gasteiger partial charge in [0, 0.05) is 31.9 Å². The van der Waals surface area contributed by atoms with Crippen molar-refractivity contribution >= 4 is 16.8 Å². The largest absolute Gasteiger partial charge is 0.361 e. The molecule has 18 heavy (non-hydrogen) atoms. The summed E-state index contributed by atoms with van der Waals surface area (Å²) in [5.41, 5.74) is 2.33. The van der Waals surface area contributed by atoms with Crippen molar-refractivity contribution in [2.45, 2.75) is 13.5 Å². The number of likely N-dealkylation sites (N-methyl/N-ethyl adjacent to an activating group) is 1. The molecule has 0 fully saturated rings. The molecule has 0 bridgehead atoms. The molecule has 4 nitrogen and oxygen atoms in total. The highest BCUT2D eigenvalue weighted by atomic mass is 16.2. The minimum absolute atomic E-state index is 0.125. The van der Waals surface area contributed by atoms with Crippen molar-refractivity contribution < 1.29 is 4.79 Å². The number of hydrogen-bond donors (Lipinski definition) is 2. The Bertz CT molecular complexity index is 533. The molecule has 0 aliphatic carbocycles. The first-order valence-corrected chi connectivity index (χ1v) is 6.21. The molecule has 1 heterocycles. The van der Waals surface area contributed by atoms with Gasteiger partial charge in [0.15, 0.2) is 0 Å². The normalized spacial score (nSPS) is 10.8. The van der Waals surface area contributed by atoms with Crippen LogP contribution in [-0.2, 0) is 11.3 Å². The minimum atomic E-state index is 0.125. The van der Waals surface area contributed by atoms with Crippen molar-refractivity contribution in [1.29, 1.82) is 0 Å². The Balaban J connectivity index is 1.88. The zero-order chi connectivity index (χ0) is 13.0. The average Bonchev–Trinajstić information content (AvgIpc) is 2.85. The van der Waals surface area contributed by atoms with Gasteiger partial charge in [-0.15, -0.1) is 0 Å². The van der Waals surface area contributed by atoms with Crippen LogP contribution in [0.1, 0.15) is 12.5 Å². The molecule has 0 unspecified atom stereocenters. The standard InChI is InChI=1S/C14H19N3O/c1-3-17(2)14(18)10-15-9-11-4-5-13-12(8-11)6-7-16-13/h4-8,15-16H,3,9-10H2,1-2H3. The number of carbonyl (C=O) groups is 1. The summed E-state index contributed by atoms with van der Waals surface area (Å²) in [6, 6.07) is 8.31. The number of nitrogens with one attached hydrogen (secondary N) is 2. The van der Waals surface area contributed by atoms with Gasteiger partial charge in [0.05, 0.1) is 6.54 Å². The Morgan fingerprint density at radius 1 is 1.39 bits per heavy atom. The number of aromatic nitrogens is 1. The smallest absolute Gasteiger partial charge is 0.236 e. The van der Waals surface area contributed by atoms with E-state index in [-0.39, 0.29) is 5.91 Å². The fourth-order valence-electron chi connectivity index (χ4n) is 1.84. The van der Waals surface area contributed by atoms with E-state index in [0.717, 1.165) is 12.1 Å². The maximum Gasteiger partial charge on any atom is 0.236 e. The zero-order valence-corrected chi connectivity index (χ0v) is 10.9. The van der Waals surface area contributed by atoms with Crippen LogP contribution in [0, 0.1) is 0 Å². The van der Waals surface area contributed by atoms with Gasteiger partial charge in [-0.2, -0.15) is 0 Å². The molecule has 0 aliphatic rings. The van der Waals surface area contributed by atoms with E-state index >= 15 is 0 Å². The van der Waals surface area contributed by atoms with Gasteiger partial charge in [-0.1, -0.05) is 6.07 Å². The molecular formula is C14H19N3O. The SMILES string of the molecule is CCN(C)C(=O)CNCc1ccc2[nH]ccc2c1. The van der Waals surface area contributed by atoms with Crippen LogP contribution in [0.4, 0.5) is 0 Å². The third-order valence-electron chi connectivity index (χ3n) is 3.12. The number of benzene rings is 1. The monoisotopic (exact) mass is 245 g/mol. The van der Waals surface area contributed by atoms with E-state index in [2.05, 4.69) is 34.6 Å². The number of aromatic amines is 1. The molecule has 0 radical (unpaired) electrons. The minimum Gasteiger partial charge on any atom is -0.361 e. The predicted octanol–water partition coefficient (Wildman–Crippen LogP) is 1.74. The molecule has 0 saturated carbocycles. The number of hydrogen-bond acceptors (Lipinski definition) is 2. The maximum atomic E-state index is 11.6. The molecule has 1 aromatic heterocycles. The van der Waals surface area contributed by atoms with Crippen LogP contribution >= 0.6 is 0 Å². The first-order chi connectivity index (χ1) is 8.70. The number of carbonyl (C=O) groups excluding carboxylic acids is 1. The zero-order valence-electron chi connectivity index (χ0n) is 10.9.